The smallest absolute Gasteiger partial charge is 0.306 e. The first-order chi connectivity index (χ1) is 33.0. The molecule has 0 aliphatic rings. The van der Waals surface area contributed by atoms with Crippen LogP contribution in [-0.4, -0.2) is 37.2 Å². The highest BCUT2D eigenvalue weighted by molar-refractivity contribution is 5.71. The molecule has 0 bridgehead atoms. The molecule has 0 fully saturated rings. The van der Waals surface area contributed by atoms with Crippen molar-refractivity contribution in [3.63, 3.8) is 0 Å². The molecular formula is C61H98O6. The van der Waals surface area contributed by atoms with Crippen LogP contribution in [0.5, 0.6) is 0 Å². The van der Waals surface area contributed by atoms with Crippen molar-refractivity contribution in [2.24, 2.45) is 0 Å². The summed E-state index contributed by atoms with van der Waals surface area (Å²) < 4.78 is 16.8. The standard InChI is InChI=1S/C61H98O6/c1-4-7-10-13-16-19-22-25-28-30-33-35-38-41-44-47-50-53-59(62)65-56-58(67-61(64)55-52-49-46-43-40-37-32-27-24-21-18-15-12-9-6-3)57-66-60(63)54-51-48-45-42-39-36-34-31-29-26-23-20-17-14-11-8-5-2/h7,9-10,12,16-21,25-29,32-36,58H,4-6,8,11,13-15,22-24,30-31,37-57H2,1-3H3/b10-7-,12-9-,19-16-,20-17-,21-18-,28-25-,29-26-,32-27-,35-33-,36-34-/t58-/m1/s1. The fourth-order valence-electron chi connectivity index (χ4n) is 6.92. The van der Waals surface area contributed by atoms with Crippen molar-refractivity contribution < 1.29 is 28.6 Å². The van der Waals surface area contributed by atoms with Crippen LogP contribution in [0.2, 0.25) is 0 Å². The predicted molar refractivity (Wildman–Crippen MR) is 288 cm³/mol. The summed E-state index contributed by atoms with van der Waals surface area (Å²) in [6.45, 7) is 6.32. The van der Waals surface area contributed by atoms with Gasteiger partial charge in [-0.3, -0.25) is 14.4 Å². The van der Waals surface area contributed by atoms with E-state index in [1.807, 2.05) is 0 Å². The quantitative estimate of drug-likeness (QED) is 0.0262. The lowest BCUT2D eigenvalue weighted by Crippen LogP contribution is -2.30. The number of carbonyl (C=O) groups excluding carboxylic acids is 3. The molecule has 0 heterocycles. The second-order valence-electron chi connectivity index (χ2n) is 17.4. The van der Waals surface area contributed by atoms with E-state index in [2.05, 4.69) is 142 Å². The lowest BCUT2D eigenvalue weighted by atomic mass is 10.1. The lowest BCUT2D eigenvalue weighted by Gasteiger charge is -2.18. The number of esters is 3. The Morgan fingerprint density at radius 1 is 0.313 bits per heavy atom. The molecule has 0 amide bonds. The molecule has 0 aromatic heterocycles. The molecule has 0 saturated heterocycles. The van der Waals surface area contributed by atoms with Crippen LogP contribution in [0.4, 0.5) is 0 Å². The monoisotopic (exact) mass is 927 g/mol. The van der Waals surface area contributed by atoms with Crippen LogP contribution in [0, 0.1) is 0 Å². The minimum atomic E-state index is -0.811. The molecular weight excluding hydrogens is 829 g/mol. The lowest BCUT2D eigenvalue weighted by molar-refractivity contribution is -0.167. The number of hydrogen-bond donors (Lipinski definition) is 0. The Labute approximate surface area is 412 Å². The van der Waals surface area contributed by atoms with Gasteiger partial charge in [0.25, 0.3) is 0 Å². The molecule has 0 spiro atoms. The molecule has 0 aliphatic carbocycles. The summed E-state index contributed by atoms with van der Waals surface area (Å²) in [5, 5.41) is 0. The Balaban J connectivity index is 4.52. The molecule has 0 aliphatic heterocycles. The Bertz CT molecular complexity index is 1440. The van der Waals surface area contributed by atoms with E-state index in [9.17, 15) is 14.4 Å². The summed E-state index contributed by atoms with van der Waals surface area (Å²) in [4.78, 5) is 38.1. The number of ether oxygens (including phenoxy) is 3. The van der Waals surface area contributed by atoms with E-state index >= 15 is 0 Å². The molecule has 0 saturated carbocycles. The molecule has 6 heteroatoms. The third-order valence-electron chi connectivity index (χ3n) is 10.9. The first kappa shape index (κ1) is 62.8. The first-order valence-corrected chi connectivity index (χ1v) is 27.0. The fraction of sp³-hybridized carbons (Fsp3) is 0.623. The van der Waals surface area contributed by atoms with E-state index < -0.39 is 6.10 Å². The second-order valence-corrected chi connectivity index (χ2v) is 17.4. The predicted octanol–water partition coefficient (Wildman–Crippen LogP) is 18.1. The Morgan fingerprint density at radius 3 is 0.910 bits per heavy atom. The summed E-state index contributed by atoms with van der Waals surface area (Å²) in [6, 6.07) is 0. The zero-order chi connectivity index (χ0) is 48.6. The molecule has 0 radical (unpaired) electrons. The zero-order valence-corrected chi connectivity index (χ0v) is 43.1. The minimum absolute atomic E-state index is 0.108. The number of carbonyl (C=O) groups is 3. The average Bonchev–Trinajstić information content (AvgIpc) is 3.33. The largest absolute Gasteiger partial charge is 0.462 e. The minimum Gasteiger partial charge on any atom is -0.462 e. The SMILES string of the molecule is CC/C=C\C/C=C\C/C=C\C/C=C\CCCCCCC(=O)OC[C@H](COC(=O)CCCCCC/C=C\C/C=C\C/C=C\CCCCC)OC(=O)CCCCCCC/C=C\C/C=C\C/C=C\CC. The van der Waals surface area contributed by atoms with Crippen LogP contribution in [0.1, 0.15) is 226 Å². The Hall–Kier alpha value is -4.19. The van der Waals surface area contributed by atoms with Crippen molar-refractivity contribution in [1.29, 1.82) is 0 Å². The topological polar surface area (TPSA) is 78.9 Å². The molecule has 6 nitrogen and oxygen atoms in total. The van der Waals surface area contributed by atoms with Crippen LogP contribution in [-0.2, 0) is 28.6 Å². The summed E-state index contributed by atoms with van der Waals surface area (Å²) in [7, 11) is 0. The van der Waals surface area contributed by atoms with E-state index in [0.717, 1.165) is 161 Å². The number of unbranched alkanes of at least 4 members (excludes halogenated alkanes) is 16. The first-order valence-electron chi connectivity index (χ1n) is 27.0. The van der Waals surface area contributed by atoms with Crippen molar-refractivity contribution >= 4 is 17.9 Å². The zero-order valence-electron chi connectivity index (χ0n) is 43.1. The van der Waals surface area contributed by atoms with Crippen LogP contribution in [0.15, 0.2) is 122 Å². The molecule has 0 rings (SSSR count). The maximum atomic E-state index is 12.8. The van der Waals surface area contributed by atoms with Gasteiger partial charge in [-0.2, -0.15) is 0 Å². The van der Waals surface area contributed by atoms with Gasteiger partial charge in [-0.15, -0.1) is 0 Å². The van der Waals surface area contributed by atoms with Gasteiger partial charge in [-0.05, 0) is 128 Å². The highest BCUT2D eigenvalue weighted by Crippen LogP contribution is 2.13. The van der Waals surface area contributed by atoms with Gasteiger partial charge in [-0.1, -0.05) is 200 Å². The molecule has 0 N–H and O–H groups in total. The van der Waals surface area contributed by atoms with Gasteiger partial charge in [0.05, 0.1) is 0 Å². The van der Waals surface area contributed by atoms with Gasteiger partial charge in [0.2, 0.25) is 0 Å². The van der Waals surface area contributed by atoms with Crippen molar-refractivity contribution in [3.05, 3.63) is 122 Å². The normalized spacial score (nSPS) is 13.1. The molecule has 1 atom stereocenters. The van der Waals surface area contributed by atoms with E-state index in [1.54, 1.807) is 0 Å². The maximum Gasteiger partial charge on any atom is 0.306 e. The van der Waals surface area contributed by atoms with Gasteiger partial charge in [0.15, 0.2) is 6.10 Å². The van der Waals surface area contributed by atoms with Gasteiger partial charge >= 0.3 is 17.9 Å². The summed E-state index contributed by atoms with van der Waals surface area (Å²) in [6.07, 6.45) is 74.6. The van der Waals surface area contributed by atoms with E-state index in [0.29, 0.717) is 19.3 Å². The van der Waals surface area contributed by atoms with E-state index in [1.165, 1.54) is 25.7 Å². The molecule has 0 unspecified atom stereocenters. The number of hydrogen-bond acceptors (Lipinski definition) is 6. The van der Waals surface area contributed by atoms with Crippen LogP contribution in [0.3, 0.4) is 0 Å². The molecule has 0 aromatic rings. The number of allylic oxidation sites excluding steroid dienone is 20. The van der Waals surface area contributed by atoms with Crippen LogP contribution in [0.25, 0.3) is 0 Å². The molecule has 378 valence electrons. The van der Waals surface area contributed by atoms with Crippen molar-refractivity contribution in [3.8, 4) is 0 Å². The van der Waals surface area contributed by atoms with Crippen molar-refractivity contribution in [1.82, 2.24) is 0 Å². The third kappa shape index (κ3) is 52.6. The highest BCUT2D eigenvalue weighted by atomic mass is 16.6. The Kier molecular flexibility index (Phi) is 51.0. The maximum absolute atomic E-state index is 12.8. The van der Waals surface area contributed by atoms with E-state index in [4.69, 9.17) is 14.2 Å². The average molecular weight is 927 g/mol. The Morgan fingerprint density at radius 2 is 0.582 bits per heavy atom. The van der Waals surface area contributed by atoms with Crippen LogP contribution >= 0.6 is 0 Å². The van der Waals surface area contributed by atoms with Gasteiger partial charge in [-0.25, -0.2) is 0 Å². The highest BCUT2D eigenvalue weighted by Gasteiger charge is 2.19. The van der Waals surface area contributed by atoms with Crippen molar-refractivity contribution in [2.45, 2.75) is 232 Å². The van der Waals surface area contributed by atoms with Gasteiger partial charge < -0.3 is 14.2 Å². The fourth-order valence-corrected chi connectivity index (χ4v) is 6.92. The van der Waals surface area contributed by atoms with Gasteiger partial charge in [0, 0.05) is 19.3 Å². The van der Waals surface area contributed by atoms with Gasteiger partial charge in [0.1, 0.15) is 13.2 Å². The number of rotatable bonds is 47. The summed E-state index contributed by atoms with van der Waals surface area (Å²) in [5.41, 5.74) is 0. The molecule has 67 heavy (non-hydrogen) atoms. The molecule has 0 aromatic carbocycles. The second kappa shape index (κ2) is 54.4. The summed E-state index contributed by atoms with van der Waals surface area (Å²) in [5.74, 6) is -0.974. The van der Waals surface area contributed by atoms with E-state index in [-0.39, 0.29) is 31.1 Å². The van der Waals surface area contributed by atoms with Crippen molar-refractivity contribution in [2.75, 3.05) is 13.2 Å². The summed E-state index contributed by atoms with van der Waals surface area (Å²) >= 11 is 0. The van der Waals surface area contributed by atoms with Crippen LogP contribution < -0.4 is 0 Å². The third-order valence-corrected chi connectivity index (χ3v) is 10.9.